The van der Waals surface area contributed by atoms with E-state index in [0.717, 1.165) is 0 Å². The topological polar surface area (TPSA) is 128 Å². The summed E-state index contributed by atoms with van der Waals surface area (Å²) in [4.78, 5) is 47.5. The number of rotatable bonds is 10. The zero-order valence-corrected chi connectivity index (χ0v) is 14.8. The van der Waals surface area contributed by atoms with Crippen LogP contribution in [0.5, 0.6) is 5.75 Å². The van der Waals surface area contributed by atoms with E-state index in [9.17, 15) is 19.2 Å². The van der Waals surface area contributed by atoms with Crippen LogP contribution in [0.1, 0.15) is 24.2 Å². The predicted octanol–water partition coefficient (Wildman–Crippen LogP) is -0.308. The third kappa shape index (κ3) is 7.20. The molecule has 1 rings (SSSR count). The van der Waals surface area contributed by atoms with Crippen LogP contribution in [0, 0.1) is 0 Å². The number of esters is 1. The first-order valence-corrected chi connectivity index (χ1v) is 8.10. The Kier molecular flexibility index (Phi) is 8.62. The summed E-state index contributed by atoms with van der Waals surface area (Å²) >= 11 is 0. The number of amides is 3. The van der Waals surface area contributed by atoms with Gasteiger partial charge in [0.05, 0.1) is 12.1 Å². The number of likely N-dealkylation sites (N-methyl/N-ethyl adjacent to an activating group) is 2. The van der Waals surface area contributed by atoms with Crippen LogP contribution in [0.15, 0.2) is 24.3 Å². The largest absolute Gasteiger partial charge is 0.484 e. The fraction of sp³-hybridized carbons (Fsp3) is 0.412. The van der Waals surface area contributed by atoms with Crippen LogP contribution in [0.4, 0.5) is 0 Å². The molecule has 0 aliphatic rings. The molecule has 1 aromatic rings. The molecule has 0 unspecified atom stereocenters. The molecule has 0 aliphatic heterocycles. The van der Waals surface area contributed by atoms with Crippen LogP contribution < -0.4 is 15.8 Å². The number of nitrogens with one attached hydrogen (secondary N) is 1. The second kappa shape index (κ2) is 10.7. The second-order valence-corrected chi connectivity index (χ2v) is 5.22. The van der Waals surface area contributed by atoms with Gasteiger partial charge >= 0.3 is 5.97 Å². The first-order chi connectivity index (χ1) is 12.4. The molecule has 0 saturated heterocycles. The zero-order valence-electron chi connectivity index (χ0n) is 14.8. The van der Waals surface area contributed by atoms with Crippen molar-refractivity contribution in [3.05, 3.63) is 29.8 Å². The minimum Gasteiger partial charge on any atom is -0.484 e. The molecule has 0 aliphatic carbocycles. The second-order valence-electron chi connectivity index (χ2n) is 5.22. The van der Waals surface area contributed by atoms with Crippen molar-refractivity contribution in [1.82, 2.24) is 10.2 Å². The minimum absolute atomic E-state index is 0.0907. The molecule has 9 nitrogen and oxygen atoms in total. The fourth-order valence-corrected chi connectivity index (χ4v) is 1.95. The van der Waals surface area contributed by atoms with E-state index in [2.05, 4.69) is 5.32 Å². The molecule has 0 heterocycles. The Morgan fingerprint density at radius 3 is 2.27 bits per heavy atom. The summed E-state index contributed by atoms with van der Waals surface area (Å²) in [6.07, 6.45) is 0. The summed E-state index contributed by atoms with van der Waals surface area (Å²) in [5, 5.41) is 2.60. The summed E-state index contributed by atoms with van der Waals surface area (Å²) in [6, 6.07) is 5.84. The van der Waals surface area contributed by atoms with Crippen LogP contribution in [0.2, 0.25) is 0 Å². The van der Waals surface area contributed by atoms with Gasteiger partial charge in [0.15, 0.2) is 13.2 Å². The van der Waals surface area contributed by atoms with Crippen molar-refractivity contribution in [2.45, 2.75) is 13.8 Å². The first kappa shape index (κ1) is 20.9. The normalized spacial score (nSPS) is 9.92. The van der Waals surface area contributed by atoms with E-state index < -0.39 is 24.4 Å². The smallest absolute Gasteiger partial charge is 0.338 e. The van der Waals surface area contributed by atoms with Gasteiger partial charge in [0.2, 0.25) is 5.91 Å². The highest BCUT2D eigenvalue weighted by molar-refractivity contribution is 5.92. The monoisotopic (exact) mass is 365 g/mol. The van der Waals surface area contributed by atoms with Crippen LogP contribution in [0.3, 0.4) is 0 Å². The quantitative estimate of drug-likeness (QED) is 0.548. The Morgan fingerprint density at radius 1 is 1.08 bits per heavy atom. The maximum absolute atomic E-state index is 12.1. The number of primary amides is 1. The molecule has 142 valence electrons. The third-order valence-corrected chi connectivity index (χ3v) is 3.24. The van der Waals surface area contributed by atoms with E-state index in [1.165, 1.54) is 29.2 Å². The number of nitrogens with zero attached hydrogens (tertiary/aromatic N) is 1. The highest BCUT2D eigenvalue weighted by Gasteiger charge is 2.17. The zero-order chi connectivity index (χ0) is 19.5. The summed E-state index contributed by atoms with van der Waals surface area (Å²) in [7, 11) is 0. The standard InChI is InChI=1S/C17H23N3O6/c1-3-19-15(22)9-20(4-2)16(23)11-26-17(24)12-5-7-13(8-6-12)25-10-14(18)21/h5-8H,3-4,9-11H2,1-2H3,(H2,18,21)(H,19,22). The molecule has 9 heteroatoms. The van der Waals surface area contributed by atoms with Gasteiger partial charge in [-0.05, 0) is 38.1 Å². The van der Waals surface area contributed by atoms with E-state index in [-0.39, 0.29) is 24.6 Å². The van der Waals surface area contributed by atoms with Crippen LogP contribution in [0.25, 0.3) is 0 Å². The number of nitrogens with two attached hydrogens (primary N) is 1. The molecule has 1 aromatic carbocycles. The van der Waals surface area contributed by atoms with E-state index in [1.54, 1.807) is 13.8 Å². The Labute approximate surface area is 151 Å². The average molecular weight is 365 g/mol. The van der Waals surface area contributed by atoms with E-state index >= 15 is 0 Å². The molecular weight excluding hydrogens is 342 g/mol. The SMILES string of the molecule is CCNC(=O)CN(CC)C(=O)COC(=O)c1ccc(OCC(N)=O)cc1. The van der Waals surface area contributed by atoms with Gasteiger partial charge in [0.25, 0.3) is 11.8 Å². The van der Waals surface area contributed by atoms with Crippen molar-refractivity contribution in [2.75, 3.05) is 32.8 Å². The molecular formula is C17H23N3O6. The van der Waals surface area contributed by atoms with Crippen LogP contribution in [-0.4, -0.2) is 61.4 Å². The lowest BCUT2D eigenvalue weighted by molar-refractivity contribution is -0.138. The highest BCUT2D eigenvalue weighted by Crippen LogP contribution is 2.13. The summed E-state index contributed by atoms with van der Waals surface area (Å²) < 4.78 is 10.1. The van der Waals surface area contributed by atoms with Crippen LogP contribution >= 0.6 is 0 Å². The Hall–Kier alpha value is -3.10. The Morgan fingerprint density at radius 2 is 1.73 bits per heavy atom. The molecule has 0 aromatic heterocycles. The summed E-state index contributed by atoms with van der Waals surface area (Å²) in [5.74, 6) is -1.67. The summed E-state index contributed by atoms with van der Waals surface area (Å²) in [5.41, 5.74) is 5.19. The number of carbonyl (C=O) groups is 4. The molecule has 0 bridgehead atoms. The lowest BCUT2D eigenvalue weighted by Gasteiger charge is -2.20. The number of hydrogen-bond acceptors (Lipinski definition) is 6. The predicted molar refractivity (Wildman–Crippen MR) is 92.4 cm³/mol. The van der Waals surface area contributed by atoms with Crippen molar-refractivity contribution in [2.24, 2.45) is 5.73 Å². The van der Waals surface area contributed by atoms with Gasteiger partial charge in [0.1, 0.15) is 5.75 Å². The molecule has 0 atom stereocenters. The first-order valence-electron chi connectivity index (χ1n) is 8.10. The van der Waals surface area contributed by atoms with E-state index in [0.29, 0.717) is 18.8 Å². The lowest BCUT2D eigenvalue weighted by Crippen LogP contribution is -2.42. The average Bonchev–Trinajstić information content (AvgIpc) is 2.62. The maximum Gasteiger partial charge on any atom is 0.338 e. The van der Waals surface area contributed by atoms with Gasteiger partial charge in [0, 0.05) is 13.1 Å². The van der Waals surface area contributed by atoms with Gasteiger partial charge < -0.3 is 25.4 Å². The number of benzene rings is 1. The van der Waals surface area contributed by atoms with Crippen molar-refractivity contribution >= 4 is 23.7 Å². The van der Waals surface area contributed by atoms with Gasteiger partial charge in [-0.3, -0.25) is 14.4 Å². The highest BCUT2D eigenvalue weighted by atomic mass is 16.5. The number of carbonyl (C=O) groups excluding carboxylic acids is 4. The molecule has 0 fully saturated rings. The van der Waals surface area contributed by atoms with Crippen molar-refractivity contribution in [3.63, 3.8) is 0 Å². The Balaban J connectivity index is 2.52. The van der Waals surface area contributed by atoms with Crippen molar-refractivity contribution in [1.29, 1.82) is 0 Å². The molecule has 26 heavy (non-hydrogen) atoms. The molecule has 0 radical (unpaired) electrons. The van der Waals surface area contributed by atoms with Gasteiger partial charge in [-0.1, -0.05) is 0 Å². The number of hydrogen-bond donors (Lipinski definition) is 2. The van der Waals surface area contributed by atoms with E-state index in [4.69, 9.17) is 15.2 Å². The third-order valence-electron chi connectivity index (χ3n) is 3.24. The maximum atomic E-state index is 12.1. The summed E-state index contributed by atoms with van der Waals surface area (Å²) in [6.45, 7) is 3.47. The fourth-order valence-electron chi connectivity index (χ4n) is 1.95. The molecule has 0 saturated carbocycles. The Bertz CT molecular complexity index is 644. The minimum atomic E-state index is -0.686. The van der Waals surface area contributed by atoms with Gasteiger partial charge in [-0.25, -0.2) is 4.79 Å². The van der Waals surface area contributed by atoms with Crippen LogP contribution in [-0.2, 0) is 19.1 Å². The van der Waals surface area contributed by atoms with Crippen molar-refractivity contribution < 1.29 is 28.7 Å². The van der Waals surface area contributed by atoms with Gasteiger partial charge in [-0.2, -0.15) is 0 Å². The number of ether oxygens (including phenoxy) is 2. The molecule has 3 amide bonds. The van der Waals surface area contributed by atoms with Gasteiger partial charge in [-0.15, -0.1) is 0 Å². The molecule has 3 N–H and O–H groups in total. The van der Waals surface area contributed by atoms with E-state index in [1.807, 2.05) is 0 Å². The molecule has 0 spiro atoms. The van der Waals surface area contributed by atoms with Crippen molar-refractivity contribution in [3.8, 4) is 5.75 Å². The lowest BCUT2D eigenvalue weighted by atomic mass is 10.2.